The lowest BCUT2D eigenvalue weighted by atomic mass is 10.0. The van der Waals surface area contributed by atoms with Gasteiger partial charge < -0.3 is 19.9 Å². The van der Waals surface area contributed by atoms with Gasteiger partial charge in [0.05, 0.1) is 6.61 Å². The summed E-state index contributed by atoms with van der Waals surface area (Å²) in [6, 6.07) is 7.11. The van der Waals surface area contributed by atoms with Gasteiger partial charge in [0.15, 0.2) is 0 Å². The molecule has 1 aromatic carbocycles. The smallest absolute Gasteiger partial charge is 0.320 e. The normalized spacial score (nSPS) is 12.4. The van der Waals surface area contributed by atoms with Crippen molar-refractivity contribution in [1.29, 1.82) is 0 Å². The number of carboxylic acids is 1. The van der Waals surface area contributed by atoms with Crippen LogP contribution in [0.3, 0.4) is 0 Å². The van der Waals surface area contributed by atoms with Crippen LogP contribution in [0.1, 0.15) is 25.8 Å². The third-order valence-corrected chi connectivity index (χ3v) is 3.01. The van der Waals surface area contributed by atoms with Gasteiger partial charge in [-0.3, -0.25) is 4.79 Å². The van der Waals surface area contributed by atoms with E-state index >= 15 is 0 Å². The lowest BCUT2D eigenvalue weighted by Gasteiger charge is -2.16. The molecule has 0 bridgehead atoms. The summed E-state index contributed by atoms with van der Waals surface area (Å²) in [4.78, 5) is 11.2. The van der Waals surface area contributed by atoms with Gasteiger partial charge in [0.25, 0.3) is 0 Å². The molecule has 0 aliphatic carbocycles. The number of hydrogen-bond acceptors (Lipinski definition) is 4. The van der Waals surface area contributed by atoms with Gasteiger partial charge in [-0.25, -0.2) is 0 Å². The lowest BCUT2D eigenvalue weighted by molar-refractivity contribution is -0.140. The van der Waals surface area contributed by atoms with Crippen LogP contribution in [0.15, 0.2) is 24.3 Å². The first-order valence-corrected chi connectivity index (χ1v) is 7.19. The van der Waals surface area contributed by atoms with E-state index in [1.165, 1.54) is 0 Å². The van der Waals surface area contributed by atoms with Crippen molar-refractivity contribution in [2.75, 3.05) is 20.3 Å². The van der Waals surface area contributed by atoms with E-state index in [2.05, 4.69) is 5.32 Å². The summed E-state index contributed by atoms with van der Waals surface area (Å²) in [5.41, 5.74) is 1.000. The fourth-order valence-corrected chi connectivity index (χ4v) is 1.97. The molecule has 0 radical (unpaired) electrons. The summed E-state index contributed by atoms with van der Waals surface area (Å²) >= 11 is 0. The maximum Gasteiger partial charge on any atom is 0.320 e. The molecule has 0 fully saturated rings. The summed E-state index contributed by atoms with van der Waals surface area (Å²) in [6.45, 7) is 5.57. The molecule has 0 aliphatic heterocycles. The molecule has 21 heavy (non-hydrogen) atoms. The number of rotatable bonds is 10. The molecule has 0 aliphatic rings. The summed E-state index contributed by atoms with van der Waals surface area (Å²) in [5.74, 6) is 0.292. The minimum absolute atomic E-state index is 0.335. The Hall–Kier alpha value is -1.59. The Morgan fingerprint density at radius 2 is 2.10 bits per heavy atom. The zero-order chi connectivity index (χ0) is 15.7. The molecule has 0 saturated carbocycles. The minimum Gasteiger partial charge on any atom is -0.491 e. The molecule has 0 spiro atoms. The zero-order valence-electron chi connectivity index (χ0n) is 13.0. The van der Waals surface area contributed by atoms with Gasteiger partial charge in [0.1, 0.15) is 18.4 Å². The van der Waals surface area contributed by atoms with E-state index in [4.69, 9.17) is 9.47 Å². The Bertz CT molecular complexity index is 434. The van der Waals surface area contributed by atoms with Crippen molar-refractivity contribution in [2.45, 2.75) is 32.9 Å². The standard InChI is InChI=1S/C16H25NO4/c1-12(2)9-15(16(18)19)17-11-13-5-4-6-14(10-13)21-8-7-20-3/h4-6,10,12,15,17H,7-9,11H2,1-3H3,(H,18,19)/t15-/m1/s1. The van der Waals surface area contributed by atoms with Crippen LogP contribution in [0.2, 0.25) is 0 Å². The molecule has 1 rings (SSSR count). The van der Waals surface area contributed by atoms with Gasteiger partial charge in [-0.05, 0) is 30.0 Å². The predicted octanol–water partition coefficient (Wildman–Crippen LogP) is 2.30. The maximum absolute atomic E-state index is 11.2. The third-order valence-electron chi connectivity index (χ3n) is 3.01. The first kappa shape index (κ1) is 17.5. The van der Waals surface area contributed by atoms with Crippen molar-refractivity contribution in [3.63, 3.8) is 0 Å². The molecule has 5 heteroatoms. The quantitative estimate of drug-likeness (QED) is 0.648. The molecule has 0 aromatic heterocycles. The number of carboxylic acid groups (broad SMARTS) is 1. The number of hydrogen-bond donors (Lipinski definition) is 2. The number of nitrogens with one attached hydrogen (secondary N) is 1. The van der Waals surface area contributed by atoms with E-state index in [1.807, 2.05) is 38.1 Å². The van der Waals surface area contributed by atoms with E-state index in [9.17, 15) is 9.90 Å². The largest absolute Gasteiger partial charge is 0.491 e. The minimum atomic E-state index is -0.809. The topological polar surface area (TPSA) is 67.8 Å². The predicted molar refractivity (Wildman–Crippen MR) is 81.5 cm³/mol. The van der Waals surface area contributed by atoms with Gasteiger partial charge in [0.2, 0.25) is 0 Å². The van der Waals surface area contributed by atoms with E-state index in [0.29, 0.717) is 32.1 Å². The van der Waals surface area contributed by atoms with Crippen LogP contribution in [-0.2, 0) is 16.1 Å². The summed E-state index contributed by atoms with van der Waals surface area (Å²) in [5, 5.41) is 12.3. The SMILES string of the molecule is COCCOc1cccc(CN[C@H](CC(C)C)C(=O)O)c1. The molecular weight excluding hydrogens is 270 g/mol. The second-order valence-corrected chi connectivity index (χ2v) is 5.39. The highest BCUT2D eigenvalue weighted by Gasteiger charge is 2.17. The number of carbonyl (C=O) groups is 1. The van der Waals surface area contributed by atoms with Gasteiger partial charge >= 0.3 is 5.97 Å². The van der Waals surface area contributed by atoms with Crippen molar-refractivity contribution >= 4 is 5.97 Å². The highest BCUT2D eigenvalue weighted by molar-refractivity contribution is 5.73. The van der Waals surface area contributed by atoms with E-state index in [1.54, 1.807) is 7.11 Å². The van der Waals surface area contributed by atoms with Crippen molar-refractivity contribution in [2.24, 2.45) is 5.92 Å². The van der Waals surface area contributed by atoms with Gasteiger partial charge in [-0.15, -0.1) is 0 Å². The second-order valence-electron chi connectivity index (χ2n) is 5.39. The molecule has 0 saturated heterocycles. The molecule has 1 aromatic rings. The first-order chi connectivity index (χ1) is 10.0. The van der Waals surface area contributed by atoms with Crippen molar-refractivity contribution in [3.05, 3.63) is 29.8 Å². The Labute approximate surface area is 126 Å². The monoisotopic (exact) mass is 295 g/mol. The Balaban J connectivity index is 2.53. The van der Waals surface area contributed by atoms with E-state index in [-0.39, 0.29) is 0 Å². The van der Waals surface area contributed by atoms with E-state index < -0.39 is 12.0 Å². The second kappa shape index (κ2) is 9.37. The summed E-state index contributed by atoms with van der Waals surface area (Å²) in [7, 11) is 1.63. The van der Waals surface area contributed by atoms with Crippen LogP contribution in [0, 0.1) is 5.92 Å². The summed E-state index contributed by atoms with van der Waals surface area (Å²) in [6.07, 6.45) is 0.610. The molecular formula is C16H25NO4. The Morgan fingerprint density at radius 1 is 1.33 bits per heavy atom. The van der Waals surface area contributed by atoms with Gasteiger partial charge in [-0.1, -0.05) is 26.0 Å². The van der Waals surface area contributed by atoms with Crippen LogP contribution in [0.5, 0.6) is 5.75 Å². The number of benzene rings is 1. The fraction of sp³-hybridized carbons (Fsp3) is 0.562. The van der Waals surface area contributed by atoms with Crippen LogP contribution in [0.25, 0.3) is 0 Å². The third kappa shape index (κ3) is 7.11. The number of aliphatic carboxylic acids is 1. The zero-order valence-corrected chi connectivity index (χ0v) is 13.0. The van der Waals surface area contributed by atoms with Crippen molar-refractivity contribution in [1.82, 2.24) is 5.32 Å². The highest BCUT2D eigenvalue weighted by Crippen LogP contribution is 2.14. The van der Waals surface area contributed by atoms with E-state index in [0.717, 1.165) is 11.3 Å². The first-order valence-electron chi connectivity index (χ1n) is 7.19. The average Bonchev–Trinajstić information content (AvgIpc) is 2.43. The molecule has 1 atom stereocenters. The molecule has 5 nitrogen and oxygen atoms in total. The van der Waals surface area contributed by atoms with Crippen LogP contribution in [-0.4, -0.2) is 37.4 Å². The fourth-order valence-electron chi connectivity index (χ4n) is 1.97. The molecule has 118 valence electrons. The maximum atomic E-state index is 11.2. The van der Waals surface area contributed by atoms with Crippen molar-refractivity contribution in [3.8, 4) is 5.75 Å². The Morgan fingerprint density at radius 3 is 2.71 bits per heavy atom. The highest BCUT2D eigenvalue weighted by atomic mass is 16.5. The lowest BCUT2D eigenvalue weighted by Crippen LogP contribution is -2.37. The van der Waals surface area contributed by atoms with Gasteiger partial charge in [0, 0.05) is 13.7 Å². The van der Waals surface area contributed by atoms with Crippen molar-refractivity contribution < 1.29 is 19.4 Å². The van der Waals surface area contributed by atoms with Crippen LogP contribution < -0.4 is 10.1 Å². The molecule has 0 amide bonds. The Kier molecular flexibility index (Phi) is 7.79. The number of ether oxygens (including phenoxy) is 2. The molecule has 0 unspecified atom stereocenters. The van der Waals surface area contributed by atoms with Gasteiger partial charge in [-0.2, -0.15) is 0 Å². The van der Waals surface area contributed by atoms with Crippen LogP contribution in [0.4, 0.5) is 0 Å². The molecule has 0 heterocycles. The van der Waals surface area contributed by atoms with Crippen LogP contribution >= 0.6 is 0 Å². The summed E-state index contributed by atoms with van der Waals surface area (Å²) < 4.78 is 10.5. The molecule has 2 N–H and O–H groups in total. The number of methoxy groups -OCH3 is 1. The average molecular weight is 295 g/mol.